The molecule has 3 saturated heterocycles. The van der Waals surface area contributed by atoms with Gasteiger partial charge in [-0.15, -0.1) is 0 Å². The number of allylic oxidation sites excluding steroid dienone is 15. The van der Waals surface area contributed by atoms with Gasteiger partial charge in [0, 0.05) is 6.42 Å². The summed E-state index contributed by atoms with van der Waals surface area (Å²) in [6, 6.07) is -0.981. The SMILES string of the molecule is CC/C=C\C/C=C\C/C=C\C/C=C\C/C=C\C/C=C\C/C=C\CCCCCCCCCCCCCCCC(=O)NC(COC1OC(CO)C(OC2OC(CO)C(OC3OC(CO)C(O)C(O)C3O)C(O)C2O)C(O)C1O)C(O)/C=C/CCCCCCCCCCCCCCCCCCCCCCCC. The number of carbonyl (C=O) groups excluding carboxylic acids is 1. The topological polar surface area (TPSA) is 307 Å². The quantitative estimate of drug-likeness (QED) is 0.0199. The van der Waals surface area contributed by atoms with Crippen molar-refractivity contribution in [2.24, 2.45) is 0 Å². The molecule has 1 amide bonds. The number of ether oxygens (including phenoxy) is 6. The van der Waals surface area contributed by atoms with Crippen LogP contribution in [0.5, 0.6) is 0 Å². The number of aliphatic hydroxyl groups excluding tert-OH is 11. The second kappa shape index (κ2) is 64.5. The lowest BCUT2D eigenvalue weighted by atomic mass is 9.96. The highest BCUT2D eigenvalue weighted by atomic mass is 16.8. The Bertz CT molecular complexity index is 2260. The molecule has 0 aromatic carbocycles. The van der Waals surface area contributed by atoms with Crippen LogP contribution in [0.3, 0.4) is 0 Å². The molecule has 19 heteroatoms. The Kier molecular flexibility index (Phi) is 58.9. The molecule has 3 aliphatic rings. The Morgan fingerprint density at radius 1 is 0.356 bits per heavy atom. The molecule has 0 radical (unpaired) electrons. The maximum atomic E-state index is 13.5. The molecule has 0 bridgehead atoms. The van der Waals surface area contributed by atoms with Gasteiger partial charge in [0.05, 0.1) is 38.6 Å². The van der Waals surface area contributed by atoms with E-state index in [0.29, 0.717) is 6.42 Å². The third-order valence-corrected chi connectivity index (χ3v) is 20.1. The Hall–Kier alpha value is -3.29. The van der Waals surface area contributed by atoms with Crippen LogP contribution in [0, 0.1) is 0 Å². The van der Waals surface area contributed by atoms with E-state index in [-0.39, 0.29) is 18.9 Å². The summed E-state index contributed by atoms with van der Waals surface area (Å²) in [6.07, 6.45) is 61.0. The summed E-state index contributed by atoms with van der Waals surface area (Å²) < 4.78 is 34.5. The van der Waals surface area contributed by atoms with E-state index < -0.39 is 124 Å². The standard InChI is InChI=1S/C85H149NO18/c1-3-5-7-9-11-13-15-17-19-21-23-25-27-29-30-31-32-33-34-35-36-37-38-39-41-43-45-47-49-51-53-55-57-59-61-63-73(91)86-68(69(90)62-60-58-56-54-52-50-48-46-44-42-40-28-26-24-22-20-18-16-14-12-10-8-6-4-2)67-99-83-79(97)76(94)81(71(65-88)101-83)104-85-80(98)77(95)82(72(66-89)102-85)103-84-78(96)75(93)74(92)70(64-87)100-84/h5,7,11,13,17,19,23,25,29-30,32-33,35-36,60,62,68-72,74-85,87-90,92-98H,3-4,6,8-10,12,14-16,18,20-22,24,26-28,31,34,37-59,61,63-67H2,1-2H3,(H,86,91)/b7-5-,13-11-,19-17-,25-23-,30-29-,33-32-,36-35-,62-60+. The van der Waals surface area contributed by atoms with E-state index in [1.165, 1.54) is 180 Å². The predicted octanol–water partition coefficient (Wildman–Crippen LogP) is 14.3. The van der Waals surface area contributed by atoms with E-state index in [4.69, 9.17) is 28.4 Å². The highest BCUT2D eigenvalue weighted by Gasteiger charge is 2.54. The zero-order valence-corrected chi connectivity index (χ0v) is 64.5. The molecular weight excluding hydrogens is 1320 g/mol. The van der Waals surface area contributed by atoms with Crippen molar-refractivity contribution in [3.63, 3.8) is 0 Å². The molecule has 0 spiro atoms. The van der Waals surface area contributed by atoms with Crippen LogP contribution in [0.4, 0.5) is 0 Å². The fraction of sp³-hybridized carbons (Fsp3) is 0.800. The molecular formula is C85H149NO18. The number of carbonyl (C=O) groups is 1. The summed E-state index contributed by atoms with van der Waals surface area (Å²) in [4.78, 5) is 13.5. The van der Waals surface area contributed by atoms with Crippen LogP contribution in [0.25, 0.3) is 0 Å². The van der Waals surface area contributed by atoms with Crippen LogP contribution in [-0.4, -0.2) is 193 Å². The maximum absolute atomic E-state index is 13.5. The molecule has 3 rings (SSSR count). The number of unbranched alkanes of at least 4 members (excludes halogenated alkanes) is 35. The van der Waals surface area contributed by atoms with Crippen molar-refractivity contribution in [3.8, 4) is 0 Å². The summed E-state index contributed by atoms with van der Waals surface area (Å²) >= 11 is 0. The Morgan fingerprint density at radius 2 is 0.663 bits per heavy atom. The number of nitrogens with one attached hydrogen (secondary N) is 1. The molecule has 17 unspecified atom stereocenters. The summed E-state index contributed by atoms with van der Waals surface area (Å²) in [7, 11) is 0. The average molecular weight is 1470 g/mol. The first kappa shape index (κ1) is 94.9. The first-order valence-electron chi connectivity index (χ1n) is 41.5. The summed E-state index contributed by atoms with van der Waals surface area (Å²) in [5, 5.41) is 121. The van der Waals surface area contributed by atoms with Crippen LogP contribution in [0.1, 0.15) is 303 Å². The van der Waals surface area contributed by atoms with Gasteiger partial charge in [-0.3, -0.25) is 4.79 Å². The molecule has 17 atom stereocenters. The van der Waals surface area contributed by atoms with Crippen molar-refractivity contribution in [1.29, 1.82) is 0 Å². The number of aliphatic hydroxyl groups is 11. The van der Waals surface area contributed by atoms with Crippen molar-refractivity contribution in [2.45, 2.75) is 407 Å². The third kappa shape index (κ3) is 43.8. The lowest BCUT2D eigenvalue weighted by Gasteiger charge is -2.48. The zero-order valence-electron chi connectivity index (χ0n) is 64.5. The minimum atomic E-state index is -1.98. The van der Waals surface area contributed by atoms with Crippen molar-refractivity contribution in [1.82, 2.24) is 5.32 Å². The molecule has 12 N–H and O–H groups in total. The van der Waals surface area contributed by atoms with Crippen molar-refractivity contribution in [2.75, 3.05) is 26.4 Å². The first-order chi connectivity index (χ1) is 50.8. The van der Waals surface area contributed by atoms with Crippen molar-refractivity contribution >= 4 is 5.91 Å². The van der Waals surface area contributed by atoms with Gasteiger partial charge in [0.1, 0.15) is 73.2 Å². The molecule has 0 aromatic rings. The minimum Gasteiger partial charge on any atom is -0.394 e. The number of rotatable bonds is 65. The monoisotopic (exact) mass is 1470 g/mol. The van der Waals surface area contributed by atoms with Crippen molar-refractivity contribution in [3.05, 3.63) is 97.2 Å². The second-order valence-electron chi connectivity index (χ2n) is 29.2. The van der Waals surface area contributed by atoms with E-state index in [2.05, 4.69) is 104 Å². The van der Waals surface area contributed by atoms with E-state index in [0.717, 1.165) is 96.3 Å². The maximum Gasteiger partial charge on any atom is 0.220 e. The largest absolute Gasteiger partial charge is 0.394 e. The third-order valence-electron chi connectivity index (χ3n) is 20.1. The normalized spacial score (nSPS) is 26.4. The van der Waals surface area contributed by atoms with Gasteiger partial charge in [0.15, 0.2) is 18.9 Å². The lowest BCUT2D eigenvalue weighted by Crippen LogP contribution is -2.66. The van der Waals surface area contributed by atoms with Crippen LogP contribution >= 0.6 is 0 Å². The van der Waals surface area contributed by atoms with Crippen LogP contribution in [-0.2, 0) is 33.2 Å². The highest BCUT2D eigenvalue weighted by molar-refractivity contribution is 5.76. The van der Waals surface area contributed by atoms with Crippen LogP contribution in [0.15, 0.2) is 97.2 Å². The van der Waals surface area contributed by atoms with E-state index in [9.17, 15) is 61.0 Å². The molecule has 19 nitrogen and oxygen atoms in total. The molecule has 0 aliphatic carbocycles. The minimum absolute atomic E-state index is 0.238. The van der Waals surface area contributed by atoms with Crippen LogP contribution in [0.2, 0.25) is 0 Å². The number of hydrogen-bond donors (Lipinski definition) is 12. The molecule has 104 heavy (non-hydrogen) atoms. The summed E-state index contributed by atoms with van der Waals surface area (Å²) in [5.74, 6) is -0.277. The predicted molar refractivity (Wildman–Crippen MR) is 415 cm³/mol. The van der Waals surface area contributed by atoms with Gasteiger partial charge in [-0.2, -0.15) is 0 Å². The van der Waals surface area contributed by atoms with Gasteiger partial charge in [-0.05, 0) is 77.0 Å². The first-order valence-corrected chi connectivity index (χ1v) is 41.5. The molecule has 3 fully saturated rings. The summed E-state index contributed by atoms with van der Waals surface area (Å²) in [5.41, 5.74) is 0. The van der Waals surface area contributed by atoms with E-state index in [1.807, 2.05) is 6.08 Å². The zero-order chi connectivity index (χ0) is 75.3. The van der Waals surface area contributed by atoms with E-state index >= 15 is 0 Å². The van der Waals surface area contributed by atoms with Gasteiger partial charge in [-0.25, -0.2) is 0 Å². The fourth-order valence-corrected chi connectivity index (χ4v) is 13.5. The van der Waals surface area contributed by atoms with Gasteiger partial charge < -0.3 is 89.9 Å². The average Bonchev–Trinajstić information content (AvgIpc) is 0.783. The highest BCUT2D eigenvalue weighted by Crippen LogP contribution is 2.33. The van der Waals surface area contributed by atoms with Gasteiger partial charge >= 0.3 is 0 Å². The Balaban J connectivity index is 1.36. The molecule has 0 aromatic heterocycles. The number of amides is 1. The Labute approximate surface area is 628 Å². The second-order valence-corrected chi connectivity index (χ2v) is 29.2. The summed E-state index contributed by atoms with van der Waals surface area (Å²) in [6.45, 7) is 1.65. The fourth-order valence-electron chi connectivity index (χ4n) is 13.5. The molecule has 3 heterocycles. The smallest absolute Gasteiger partial charge is 0.220 e. The molecule has 602 valence electrons. The Morgan fingerprint density at radius 3 is 1.04 bits per heavy atom. The lowest BCUT2D eigenvalue weighted by molar-refractivity contribution is -0.379. The number of hydrogen-bond acceptors (Lipinski definition) is 18. The van der Waals surface area contributed by atoms with Gasteiger partial charge in [0.2, 0.25) is 5.91 Å². The van der Waals surface area contributed by atoms with E-state index in [1.54, 1.807) is 6.08 Å². The van der Waals surface area contributed by atoms with Crippen LogP contribution < -0.4 is 5.32 Å². The molecule has 0 saturated carbocycles. The van der Waals surface area contributed by atoms with Gasteiger partial charge in [-0.1, -0.05) is 317 Å². The van der Waals surface area contributed by atoms with Crippen molar-refractivity contribution < 1.29 is 89.4 Å². The molecule has 3 aliphatic heterocycles. The van der Waals surface area contributed by atoms with Gasteiger partial charge in [0.25, 0.3) is 0 Å².